The van der Waals surface area contributed by atoms with Gasteiger partial charge in [-0.05, 0) is 12.3 Å². The van der Waals surface area contributed by atoms with E-state index in [1.54, 1.807) is 0 Å². The van der Waals surface area contributed by atoms with E-state index in [0.29, 0.717) is 5.92 Å². The first-order chi connectivity index (χ1) is 5.07. The fourth-order valence-corrected chi connectivity index (χ4v) is 1.55. The van der Waals surface area contributed by atoms with E-state index in [1.165, 1.54) is 0 Å². The molecule has 2 nitrogen and oxygen atoms in total. The van der Waals surface area contributed by atoms with Crippen LogP contribution in [0.4, 0.5) is 0 Å². The van der Waals surface area contributed by atoms with Crippen LogP contribution in [-0.2, 0) is 4.79 Å². The van der Waals surface area contributed by atoms with Crippen LogP contribution >= 0.6 is 15.9 Å². The Labute approximate surface area is 76.1 Å². The average molecular weight is 223 g/mol. The summed E-state index contributed by atoms with van der Waals surface area (Å²) >= 11 is 3.36. The van der Waals surface area contributed by atoms with Gasteiger partial charge in [0.1, 0.15) is 0 Å². The molecule has 66 valence electrons. The smallest absolute Gasteiger partial charge is 0.304 e. The summed E-state index contributed by atoms with van der Waals surface area (Å²) in [4.78, 5) is 10.4. The van der Waals surface area contributed by atoms with Crippen molar-refractivity contribution in [3.05, 3.63) is 0 Å². The van der Waals surface area contributed by atoms with Gasteiger partial charge in [-0.2, -0.15) is 0 Å². The first-order valence-corrected chi connectivity index (χ1v) is 4.85. The van der Waals surface area contributed by atoms with Gasteiger partial charge in [-0.1, -0.05) is 36.2 Å². The van der Waals surface area contributed by atoms with Crippen LogP contribution < -0.4 is 0 Å². The number of halogens is 1. The van der Waals surface area contributed by atoms with E-state index in [-0.39, 0.29) is 11.2 Å². The van der Waals surface area contributed by atoms with Gasteiger partial charge in [-0.15, -0.1) is 0 Å². The number of hydrogen-bond acceptors (Lipinski definition) is 1. The molecule has 0 radical (unpaired) electrons. The average Bonchev–Trinajstić information content (AvgIpc) is 1.86. The highest BCUT2D eigenvalue weighted by molar-refractivity contribution is 9.09. The van der Waals surface area contributed by atoms with Gasteiger partial charge < -0.3 is 5.11 Å². The molecule has 0 aliphatic rings. The van der Waals surface area contributed by atoms with E-state index in [2.05, 4.69) is 29.8 Å². The van der Waals surface area contributed by atoms with Crippen LogP contribution in [0.25, 0.3) is 0 Å². The molecule has 0 spiro atoms. The summed E-state index contributed by atoms with van der Waals surface area (Å²) in [6.45, 7) is 4.18. The van der Waals surface area contributed by atoms with Gasteiger partial charge >= 0.3 is 5.97 Å². The topological polar surface area (TPSA) is 37.3 Å². The number of hydrogen-bond donors (Lipinski definition) is 1. The lowest BCUT2D eigenvalue weighted by molar-refractivity contribution is -0.137. The summed E-state index contributed by atoms with van der Waals surface area (Å²) in [5, 5.41) is 8.47. The Kier molecular flexibility index (Phi) is 5.56. The molecule has 1 N–H and O–H groups in total. The lowest BCUT2D eigenvalue weighted by Gasteiger charge is -2.14. The third-order valence-corrected chi connectivity index (χ3v) is 2.96. The van der Waals surface area contributed by atoms with E-state index < -0.39 is 5.97 Å². The molecule has 2 atom stereocenters. The van der Waals surface area contributed by atoms with Gasteiger partial charge in [-0.3, -0.25) is 4.79 Å². The van der Waals surface area contributed by atoms with Crippen LogP contribution in [0, 0.1) is 5.92 Å². The highest BCUT2D eigenvalue weighted by atomic mass is 79.9. The molecule has 0 bridgehead atoms. The number of alkyl halides is 1. The Morgan fingerprint density at radius 1 is 1.64 bits per heavy atom. The number of carboxylic acids is 1. The number of carboxylic acid groups (broad SMARTS) is 1. The molecule has 0 aromatic rings. The standard InChI is InChI=1S/C8H15BrO2/c1-3-4-6(2)7(9)5-8(10)11/h6-7H,3-5H2,1-2H3,(H,10,11). The molecular formula is C8H15BrO2. The molecule has 0 saturated carbocycles. The van der Waals surface area contributed by atoms with Gasteiger partial charge in [0.05, 0.1) is 6.42 Å². The lowest BCUT2D eigenvalue weighted by Crippen LogP contribution is -2.15. The van der Waals surface area contributed by atoms with Crippen molar-refractivity contribution < 1.29 is 9.90 Å². The van der Waals surface area contributed by atoms with E-state index in [0.717, 1.165) is 12.8 Å². The molecule has 0 aliphatic carbocycles. The Morgan fingerprint density at radius 3 is 2.55 bits per heavy atom. The van der Waals surface area contributed by atoms with Crippen molar-refractivity contribution in [2.75, 3.05) is 0 Å². The van der Waals surface area contributed by atoms with Crippen LogP contribution in [0.5, 0.6) is 0 Å². The second kappa shape index (κ2) is 5.58. The first kappa shape index (κ1) is 11.0. The van der Waals surface area contributed by atoms with Gasteiger partial charge in [0.2, 0.25) is 0 Å². The molecule has 0 aromatic carbocycles. The van der Waals surface area contributed by atoms with Crippen molar-refractivity contribution in [2.45, 2.75) is 37.9 Å². The zero-order valence-corrected chi connectivity index (χ0v) is 8.60. The zero-order valence-electron chi connectivity index (χ0n) is 7.01. The fraction of sp³-hybridized carbons (Fsp3) is 0.875. The quantitative estimate of drug-likeness (QED) is 0.727. The summed E-state index contributed by atoms with van der Waals surface area (Å²) in [7, 11) is 0. The molecule has 0 amide bonds. The minimum atomic E-state index is -0.727. The molecule has 0 heterocycles. The highest BCUT2D eigenvalue weighted by Gasteiger charge is 2.15. The van der Waals surface area contributed by atoms with Gasteiger partial charge in [0.25, 0.3) is 0 Å². The Balaban J connectivity index is 3.63. The highest BCUT2D eigenvalue weighted by Crippen LogP contribution is 2.20. The van der Waals surface area contributed by atoms with Crippen molar-refractivity contribution in [3.8, 4) is 0 Å². The van der Waals surface area contributed by atoms with Crippen molar-refractivity contribution in [1.29, 1.82) is 0 Å². The molecule has 0 aliphatic heterocycles. The van der Waals surface area contributed by atoms with Crippen molar-refractivity contribution >= 4 is 21.9 Å². The van der Waals surface area contributed by atoms with E-state index in [4.69, 9.17) is 5.11 Å². The third-order valence-electron chi connectivity index (χ3n) is 1.73. The van der Waals surface area contributed by atoms with Crippen LogP contribution in [0.1, 0.15) is 33.1 Å². The van der Waals surface area contributed by atoms with Crippen LogP contribution in [0.15, 0.2) is 0 Å². The maximum absolute atomic E-state index is 10.3. The molecule has 0 rings (SSSR count). The number of carbonyl (C=O) groups is 1. The largest absolute Gasteiger partial charge is 0.481 e. The molecule has 0 aromatic heterocycles. The van der Waals surface area contributed by atoms with E-state index in [1.807, 2.05) is 0 Å². The number of aliphatic carboxylic acids is 1. The summed E-state index contributed by atoms with van der Waals surface area (Å²) in [6.07, 6.45) is 2.42. The molecule has 2 unspecified atom stereocenters. The van der Waals surface area contributed by atoms with Crippen LogP contribution in [0.3, 0.4) is 0 Å². The zero-order chi connectivity index (χ0) is 8.85. The summed E-state index contributed by atoms with van der Waals surface area (Å²) in [5.74, 6) is -0.272. The predicted molar refractivity (Wildman–Crippen MR) is 49.0 cm³/mol. The first-order valence-electron chi connectivity index (χ1n) is 3.93. The molecule has 11 heavy (non-hydrogen) atoms. The third kappa shape index (κ3) is 5.24. The monoisotopic (exact) mass is 222 g/mol. The molecular weight excluding hydrogens is 208 g/mol. The van der Waals surface area contributed by atoms with Crippen molar-refractivity contribution in [3.63, 3.8) is 0 Å². The maximum Gasteiger partial charge on any atom is 0.304 e. The van der Waals surface area contributed by atoms with Gasteiger partial charge in [0.15, 0.2) is 0 Å². The summed E-state index contributed by atoms with van der Waals surface area (Å²) in [6, 6.07) is 0. The molecule has 0 fully saturated rings. The van der Waals surface area contributed by atoms with Crippen LogP contribution in [0.2, 0.25) is 0 Å². The molecule has 0 saturated heterocycles. The second-order valence-corrected chi connectivity index (χ2v) is 4.06. The van der Waals surface area contributed by atoms with Crippen LogP contribution in [-0.4, -0.2) is 15.9 Å². The Bertz CT molecular complexity index is 125. The number of rotatable bonds is 5. The minimum absolute atomic E-state index is 0.125. The van der Waals surface area contributed by atoms with Crippen molar-refractivity contribution in [2.24, 2.45) is 5.92 Å². The fourth-order valence-electron chi connectivity index (χ4n) is 1.00. The summed E-state index contributed by atoms with van der Waals surface area (Å²) < 4.78 is 0. The predicted octanol–water partition coefficient (Wildman–Crippen LogP) is 2.66. The lowest BCUT2D eigenvalue weighted by atomic mass is 10.0. The van der Waals surface area contributed by atoms with E-state index >= 15 is 0 Å². The Morgan fingerprint density at radius 2 is 2.18 bits per heavy atom. The molecule has 3 heteroatoms. The van der Waals surface area contributed by atoms with Gasteiger partial charge in [-0.25, -0.2) is 0 Å². The van der Waals surface area contributed by atoms with Gasteiger partial charge in [0, 0.05) is 4.83 Å². The Hall–Kier alpha value is -0.0500. The van der Waals surface area contributed by atoms with Crippen molar-refractivity contribution in [1.82, 2.24) is 0 Å². The minimum Gasteiger partial charge on any atom is -0.481 e. The summed E-state index contributed by atoms with van der Waals surface area (Å²) in [5.41, 5.74) is 0. The second-order valence-electron chi connectivity index (χ2n) is 2.88. The van der Waals surface area contributed by atoms with E-state index in [9.17, 15) is 4.79 Å². The normalized spacial score (nSPS) is 15.9. The SMILES string of the molecule is CCCC(C)C(Br)CC(=O)O. The maximum atomic E-state index is 10.3.